The van der Waals surface area contributed by atoms with Gasteiger partial charge in [-0.3, -0.25) is 14.6 Å². The number of nitrogens with zero attached hydrogens (tertiary/aromatic N) is 4. The van der Waals surface area contributed by atoms with Crippen LogP contribution in [0.25, 0.3) is 5.65 Å². The number of fused-ring (bicyclic) bond motifs is 1. The number of piperazine rings is 1. The molecule has 1 saturated heterocycles. The van der Waals surface area contributed by atoms with E-state index >= 15 is 0 Å². The molecular formula is C26H32N4O3. The molecule has 0 radical (unpaired) electrons. The molecule has 2 amide bonds. The fourth-order valence-electron chi connectivity index (χ4n) is 4.20. The molecule has 0 N–H and O–H groups in total. The summed E-state index contributed by atoms with van der Waals surface area (Å²) in [5, 5.41) is 0. The Morgan fingerprint density at radius 3 is 2.55 bits per heavy atom. The Morgan fingerprint density at radius 1 is 1.06 bits per heavy atom. The highest BCUT2D eigenvalue weighted by Gasteiger charge is 2.40. The molecule has 0 bridgehead atoms. The van der Waals surface area contributed by atoms with Gasteiger partial charge < -0.3 is 9.14 Å². The average Bonchev–Trinajstić information content (AvgIpc) is 3.21. The third kappa shape index (κ3) is 5.53. The van der Waals surface area contributed by atoms with Crippen molar-refractivity contribution in [1.29, 1.82) is 0 Å². The predicted octanol–water partition coefficient (Wildman–Crippen LogP) is 4.70. The zero-order valence-corrected chi connectivity index (χ0v) is 19.6. The minimum atomic E-state index is -0.614. The highest BCUT2D eigenvalue weighted by Crippen LogP contribution is 2.25. The van der Waals surface area contributed by atoms with Gasteiger partial charge in [-0.25, -0.2) is 9.78 Å². The highest BCUT2D eigenvalue weighted by molar-refractivity contribution is 5.99. The molecular weight excluding hydrogens is 416 g/mol. The molecule has 4 rings (SSSR count). The number of unbranched alkanes of at least 4 members (excludes halogenated alkanes) is 1. The Bertz CT molecular complexity index is 1070. The van der Waals surface area contributed by atoms with Gasteiger partial charge in [-0.15, -0.1) is 0 Å². The van der Waals surface area contributed by atoms with Gasteiger partial charge in [0.2, 0.25) is 0 Å². The zero-order chi connectivity index (χ0) is 23.4. The lowest BCUT2D eigenvalue weighted by molar-refractivity contribution is -0.126. The molecule has 3 heterocycles. The predicted molar refractivity (Wildman–Crippen MR) is 128 cm³/mol. The summed E-state index contributed by atoms with van der Waals surface area (Å²) in [6.07, 6.45) is 6.67. The molecule has 1 aliphatic heterocycles. The third-order valence-corrected chi connectivity index (χ3v) is 5.78. The number of aryl methyl sites for hydroxylation is 1. The van der Waals surface area contributed by atoms with E-state index in [1.807, 2.05) is 74.0 Å². The second-order valence-electron chi connectivity index (χ2n) is 9.48. The third-order valence-electron chi connectivity index (χ3n) is 5.78. The number of benzene rings is 1. The molecule has 7 heteroatoms. The lowest BCUT2D eigenvalue weighted by atomic mass is 10.0. The Morgan fingerprint density at radius 2 is 1.82 bits per heavy atom. The van der Waals surface area contributed by atoms with Crippen molar-refractivity contribution >= 4 is 23.5 Å². The largest absolute Gasteiger partial charge is 0.444 e. The second-order valence-corrected chi connectivity index (χ2v) is 9.48. The van der Waals surface area contributed by atoms with Gasteiger partial charge in [0.1, 0.15) is 17.3 Å². The number of hydrogen-bond donors (Lipinski definition) is 0. The number of anilines is 1. The molecule has 1 unspecified atom stereocenters. The maximum absolute atomic E-state index is 13.6. The van der Waals surface area contributed by atoms with E-state index in [1.165, 1.54) is 5.56 Å². The summed E-state index contributed by atoms with van der Waals surface area (Å²) in [5.74, 6) is 0.513. The highest BCUT2D eigenvalue weighted by atomic mass is 16.6. The van der Waals surface area contributed by atoms with Gasteiger partial charge in [-0.05, 0) is 57.7 Å². The van der Waals surface area contributed by atoms with Crippen molar-refractivity contribution in [2.75, 3.05) is 18.0 Å². The van der Waals surface area contributed by atoms with E-state index in [0.717, 1.165) is 24.9 Å². The molecule has 1 aliphatic rings. The summed E-state index contributed by atoms with van der Waals surface area (Å²) in [7, 11) is 0. The fraction of sp³-hybridized carbons (Fsp3) is 0.423. The maximum atomic E-state index is 13.6. The van der Waals surface area contributed by atoms with Gasteiger partial charge in [0.25, 0.3) is 5.91 Å². The fourth-order valence-corrected chi connectivity index (χ4v) is 4.20. The van der Waals surface area contributed by atoms with Crippen LogP contribution in [-0.4, -0.2) is 51.0 Å². The molecule has 0 saturated carbocycles. The van der Waals surface area contributed by atoms with Gasteiger partial charge >= 0.3 is 6.09 Å². The van der Waals surface area contributed by atoms with Crippen LogP contribution in [0.2, 0.25) is 0 Å². The standard InChI is InChI=1S/C26H32N4O3/c1-26(2,3)33-25(32)29-17-18-30(23-19-28-16-10-9-15-22(28)27-23)24(31)21(29)14-8-7-13-20-11-5-4-6-12-20/h4-6,9-12,15-16,19,21H,7-8,13-14,17-18H2,1-3H3. The van der Waals surface area contributed by atoms with E-state index in [4.69, 9.17) is 4.74 Å². The number of imidazole rings is 1. The van der Waals surface area contributed by atoms with Crippen LogP contribution in [0.4, 0.5) is 10.6 Å². The molecule has 1 fully saturated rings. The number of pyridine rings is 1. The van der Waals surface area contributed by atoms with Crippen molar-refractivity contribution in [2.24, 2.45) is 0 Å². The minimum absolute atomic E-state index is 0.102. The number of carbonyl (C=O) groups is 2. The van der Waals surface area contributed by atoms with Crippen molar-refractivity contribution in [1.82, 2.24) is 14.3 Å². The number of ether oxygens (including phenoxy) is 1. The monoisotopic (exact) mass is 448 g/mol. The van der Waals surface area contributed by atoms with Crippen LogP contribution in [0.3, 0.4) is 0 Å². The van der Waals surface area contributed by atoms with Crippen LogP contribution in [0.15, 0.2) is 60.9 Å². The lowest BCUT2D eigenvalue weighted by Crippen LogP contribution is -2.59. The Kier molecular flexibility index (Phi) is 6.67. The van der Waals surface area contributed by atoms with E-state index in [1.54, 1.807) is 9.80 Å². The number of carbonyl (C=O) groups excluding carboxylic acids is 2. The van der Waals surface area contributed by atoms with Crippen molar-refractivity contribution in [3.05, 3.63) is 66.5 Å². The maximum Gasteiger partial charge on any atom is 0.411 e. The summed E-state index contributed by atoms with van der Waals surface area (Å²) in [4.78, 5) is 34.4. The number of hydrogen-bond acceptors (Lipinski definition) is 4. The molecule has 1 aromatic carbocycles. The molecule has 0 aliphatic carbocycles. The van der Waals surface area contributed by atoms with Gasteiger partial charge in [-0.1, -0.05) is 42.8 Å². The van der Waals surface area contributed by atoms with E-state index in [2.05, 4.69) is 17.1 Å². The van der Waals surface area contributed by atoms with Crippen molar-refractivity contribution < 1.29 is 14.3 Å². The smallest absolute Gasteiger partial charge is 0.411 e. The zero-order valence-electron chi connectivity index (χ0n) is 19.6. The normalized spacial score (nSPS) is 16.9. The molecule has 7 nitrogen and oxygen atoms in total. The number of aromatic nitrogens is 2. The van der Waals surface area contributed by atoms with Crippen LogP contribution < -0.4 is 4.90 Å². The molecule has 3 aromatic rings. The van der Waals surface area contributed by atoms with Crippen LogP contribution in [-0.2, 0) is 16.0 Å². The molecule has 0 spiro atoms. The van der Waals surface area contributed by atoms with E-state index < -0.39 is 17.7 Å². The van der Waals surface area contributed by atoms with E-state index in [0.29, 0.717) is 25.3 Å². The first-order chi connectivity index (χ1) is 15.8. The summed E-state index contributed by atoms with van der Waals surface area (Å²) < 4.78 is 7.52. The van der Waals surface area contributed by atoms with Crippen LogP contribution in [0.1, 0.15) is 45.6 Å². The molecule has 33 heavy (non-hydrogen) atoms. The minimum Gasteiger partial charge on any atom is -0.444 e. The Balaban J connectivity index is 1.49. The Hall–Kier alpha value is -3.35. The van der Waals surface area contributed by atoms with Gasteiger partial charge in [0, 0.05) is 19.3 Å². The van der Waals surface area contributed by atoms with E-state index in [9.17, 15) is 9.59 Å². The van der Waals surface area contributed by atoms with Gasteiger partial charge in [0.05, 0.1) is 6.20 Å². The van der Waals surface area contributed by atoms with Gasteiger partial charge in [-0.2, -0.15) is 0 Å². The second kappa shape index (κ2) is 9.65. The average molecular weight is 449 g/mol. The lowest BCUT2D eigenvalue weighted by Gasteiger charge is -2.40. The summed E-state index contributed by atoms with van der Waals surface area (Å²) in [6.45, 7) is 6.33. The van der Waals surface area contributed by atoms with Gasteiger partial charge in [0.15, 0.2) is 5.82 Å². The van der Waals surface area contributed by atoms with Crippen molar-refractivity contribution in [2.45, 2.75) is 58.1 Å². The van der Waals surface area contributed by atoms with Crippen LogP contribution >= 0.6 is 0 Å². The van der Waals surface area contributed by atoms with E-state index in [-0.39, 0.29) is 5.91 Å². The summed E-state index contributed by atoms with van der Waals surface area (Å²) >= 11 is 0. The Labute approximate surface area is 195 Å². The first-order valence-corrected chi connectivity index (χ1v) is 11.6. The molecule has 2 aromatic heterocycles. The van der Waals surface area contributed by atoms with Crippen molar-refractivity contribution in [3.63, 3.8) is 0 Å². The topological polar surface area (TPSA) is 67.2 Å². The summed E-state index contributed by atoms with van der Waals surface area (Å²) in [5.41, 5.74) is 1.45. The summed E-state index contributed by atoms with van der Waals surface area (Å²) in [6, 6.07) is 15.5. The molecule has 174 valence electrons. The van der Waals surface area contributed by atoms with Crippen molar-refractivity contribution in [3.8, 4) is 0 Å². The number of rotatable bonds is 6. The van der Waals surface area contributed by atoms with Crippen LogP contribution in [0, 0.1) is 0 Å². The first kappa shape index (κ1) is 22.8. The van der Waals surface area contributed by atoms with Crippen LogP contribution in [0.5, 0.6) is 0 Å². The first-order valence-electron chi connectivity index (χ1n) is 11.6. The molecule has 1 atom stereocenters. The quantitative estimate of drug-likeness (QED) is 0.513. The number of amides is 2. The SMILES string of the molecule is CC(C)(C)OC(=O)N1CCN(c2cn3ccccc3n2)C(=O)C1CCCCc1ccccc1.